The maximum Gasteiger partial charge on any atom is 0.313 e. The summed E-state index contributed by atoms with van der Waals surface area (Å²) in [5, 5.41) is 21.5. The zero-order valence-electron chi connectivity index (χ0n) is 8.18. The van der Waals surface area contributed by atoms with Gasteiger partial charge in [0.1, 0.15) is 0 Å². The van der Waals surface area contributed by atoms with Crippen LogP contribution in [0.5, 0.6) is 0 Å². The molecule has 0 aromatic carbocycles. The topological polar surface area (TPSA) is 73.1 Å². The molecular weight excluding hydrogens is 192 g/mol. The molecule has 0 aromatic heterocycles. The third-order valence-corrected chi connectivity index (χ3v) is 4.29. The smallest absolute Gasteiger partial charge is 0.313 e. The van der Waals surface area contributed by atoms with Crippen molar-refractivity contribution in [3.8, 4) is 6.07 Å². The molecule has 2 aliphatic carbocycles. The highest BCUT2D eigenvalue weighted by Crippen LogP contribution is 2.59. The van der Waals surface area contributed by atoms with Crippen LogP contribution in [0.4, 0.5) is 0 Å². The third-order valence-electron chi connectivity index (χ3n) is 4.29. The van der Waals surface area contributed by atoms with E-state index in [1.54, 1.807) is 0 Å². The summed E-state index contributed by atoms with van der Waals surface area (Å²) in [6, 6.07) is 1.90. The van der Waals surface area contributed by atoms with Gasteiger partial charge in [0, 0.05) is 12.5 Å². The van der Waals surface area contributed by atoms with E-state index in [0.29, 0.717) is 18.3 Å². The summed E-state index contributed by atoms with van der Waals surface area (Å²) in [7, 11) is 0. The minimum Gasteiger partial charge on any atom is -0.481 e. The maximum atomic E-state index is 11.4. The number of nitrogens with zero attached hydrogens (tertiary/aromatic N) is 1. The van der Waals surface area contributed by atoms with E-state index in [1.807, 2.05) is 12.2 Å². The lowest BCUT2D eigenvalue weighted by Gasteiger charge is -2.29. The SMILES string of the molecule is N#CC1NCC2C3C=CC(C(=O)O)(C3)C12. The minimum absolute atomic E-state index is 0.0324. The molecule has 1 aliphatic heterocycles. The molecule has 1 saturated heterocycles. The quantitative estimate of drug-likeness (QED) is 0.605. The summed E-state index contributed by atoms with van der Waals surface area (Å²) in [6.45, 7) is 0.785. The summed E-state index contributed by atoms with van der Waals surface area (Å²) in [6.07, 6.45) is 4.53. The summed E-state index contributed by atoms with van der Waals surface area (Å²) in [4.78, 5) is 11.4. The molecule has 2 N–H and O–H groups in total. The van der Waals surface area contributed by atoms with Crippen molar-refractivity contribution in [2.45, 2.75) is 12.5 Å². The van der Waals surface area contributed by atoms with E-state index in [-0.39, 0.29) is 12.0 Å². The van der Waals surface area contributed by atoms with E-state index < -0.39 is 11.4 Å². The number of hydrogen-bond acceptors (Lipinski definition) is 3. The van der Waals surface area contributed by atoms with Crippen LogP contribution in [0.2, 0.25) is 0 Å². The fourth-order valence-corrected chi connectivity index (χ4v) is 3.65. The van der Waals surface area contributed by atoms with Crippen LogP contribution in [0.1, 0.15) is 6.42 Å². The number of hydrogen-bond donors (Lipinski definition) is 2. The van der Waals surface area contributed by atoms with Crippen molar-refractivity contribution < 1.29 is 9.90 Å². The van der Waals surface area contributed by atoms with Gasteiger partial charge in [0.2, 0.25) is 0 Å². The molecule has 0 radical (unpaired) electrons. The summed E-state index contributed by atoms with van der Waals surface area (Å²) < 4.78 is 0. The standard InChI is InChI=1S/C11H12N2O2/c12-4-8-9-7(5-13-8)6-1-2-11(9,3-6)10(14)15/h1-2,6-9,13H,3,5H2,(H,14,15). The largest absolute Gasteiger partial charge is 0.481 e. The van der Waals surface area contributed by atoms with Crippen molar-refractivity contribution in [3.63, 3.8) is 0 Å². The van der Waals surface area contributed by atoms with Crippen molar-refractivity contribution >= 4 is 5.97 Å². The van der Waals surface area contributed by atoms with Gasteiger partial charge in [-0.1, -0.05) is 12.2 Å². The van der Waals surface area contributed by atoms with E-state index in [9.17, 15) is 9.90 Å². The molecule has 3 rings (SSSR count). The second-order valence-electron chi connectivity index (χ2n) is 4.78. The first kappa shape index (κ1) is 8.93. The molecule has 3 aliphatic rings. The molecule has 0 amide bonds. The second kappa shape index (κ2) is 2.61. The maximum absolute atomic E-state index is 11.4. The van der Waals surface area contributed by atoms with Gasteiger partial charge in [-0.25, -0.2) is 0 Å². The molecule has 4 heteroatoms. The fourth-order valence-electron chi connectivity index (χ4n) is 3.65. The minimum atomic E-state index is -0.766. The normalized spacial score (nSPS) is 50.3. The number of aliphatic carboxylic acids is 1. The second-order valence-corrected chi connectivity index (χ2v) is 4.78. The van der Waals surface area contributed by atoms with Crippen LogP contribution < -0.4 is 5.32 Å². The lowest BCUT2D eigenvalue weighted by molar-refractivity contribution is -0.148. The average molecular weight is 204 g/mol. The number of nitriles is 1. The predicted molar refractivity (Wildman–Crippen MR) is 51.7 cm³/mol. The van der Waals surface area contributed by atoms with Crippen LogP contribution in [0.25, 0.3) is 0 Å². The predicted octanol–water partition coefficient (Wildman–Crippen LogP) is 0.375. The van der Waals surface area contributed by atoms with E-state index in [4.69, 9.17) is 5.26 Å². The monoisotopic (exact) mass is 204 g/mol. The molecule has 5 unspecified atom stereocenters. The van der Waals surface area contributed by atoms with Gasteiger partial charge in [-0.2, -0.15) is 5.26 Å². The first-order chi connectivity index (χ1) is 7.19. The molecule has 4 nitrogen and oxygen atoms in total. The highest BCUT2D eigenvalue weighted by molar-refractivity contribution is 5.79. The van der Waals surface area contributed by atoms with Crippen LogP contribution in [-0.4, -0.2) is 23.7 Å². The Bertz CT molecular complexity index is 398. The average Bonchev–Trinajstić information content (AvgIpc) is 2.88. The van der Waals surface area contributed by atoms with E-state index >= 15 is 0 Å². The Kier molecular flexibility index (Phi) is 1.56. The fraction of sp³-hybridized carbons (Fsp3) is 0.636. The van der Waals surface area contributed by atoms with Crippen LogP contribution in [-0.2, 0) is 4.79 Å². The molecule has 0 aromatic rings. The number of fused-ring (bicyclic) bond motifs is 5. The molecule has 2 fully saturated rings. The van der Waals surface area contributed by atoms with Crippen molar-refractivity contribution in [3.05, 3.63) is 12.2 Å². The molecule has 0 spiro atoms. The molecule has 15 heavy (non-hydrogen) atoms. The Balaban J connectivity index is 2.07. The van der Waals surface area contributed by atoms with Gasteiger partial charge in [0.05, 0.1) is 17.5 Å². The van der Waals surface area contributed by atoms with Crippen LogP contribution >= 0.6 is 0 Å². The summed E-state index contributed by atoms with van der Waals surface area (Å²) >= 11 is 0. The van der Waals surface area contributed by atoms with Gasteiger partial charge in [-0.15, -0.1) is 0 Å². The Hall–Kier alpha value is -1.34. The van der Waals surface area contributed by atoms with Gasteiger partial charge in [0.15, 0.2) is 0 Å². The number of nitrogens with one attached hydrogen (secondary N) is 1. The molecule has 1 heterocycles. The Morgan fingerprint density at radius 2 is 2.47 bits per heavy atom. The van der Waals surface area contributed by atoms with Crippen molar-refractivity contribution in [1.82, 2.24) is 5.32 Å². The van der Waals surface area contributed by atoms with E-state index in [0.717, 1.165) is 6.54 Å². The Morgan fingerprint density at radius 1 is 1.67 bits per heavy atom. The highest BCUT2D eigenvalue weighted by atomic mass is 16.4. The van der Waals surface area contributed by atoms with Gasteiger partial charge in [0.25, 0.3) is 0 Å². The van der Waals surface area contributed by atoms with E-state index in [1.165, 1.54) is 0 Å². The van der Waals surface area contributed by atoms with Gasteiger partial charge < -0.3 is 10.4 Å². The zero-order valence-corrected chi connectivity index (χ0v) is 8.18. The molecule has 78 valence electrons. The molecule has 5 atom stereocenters. The first-order valence-corrected chi connectivity index (χ1v) is 5.25. The van der Waals surface area contributed by atoms with Gasteiger partial charge in [-0.05, 0) is 18.3 Å². The number of carboxylic acid groups (broad SMARTS) is 1. The van der Waals surface area contributed by atoms with Crippen LogP contribution in [0.3, 0.4) is 0 Å². The Labute approximate surface area is 87.6 Å². The van der Waals surface area contributed by atoms with Crippen LogP contribution in [0, 0.1) is 34.5 Å². The lowest BCUT2D eigenvalue weighted by Crippen LogP contribution is -2.40. The Morgan fingerprint density at radius 3 is 3.13 bits per heavy atom. The molecule has 2 bridgehead atoms. The first-order valence-electron chi connectivity index (χ1n) is 5.25. The van der Waals surface area contributed by atoms with Gasteiger partial charge in [-0.3, -0.25) is 4.79 Å². The number of rotatable bonds is 1. The van der Waals surface area contributed by atoms with E-state index in [2.05, 4.69) is 11.4 Å². The van der Waals surface area contributed by atoms with Crippen molar-refractivity contribution in [1.29, 1.82) is 5.26 Å². The van der Waals surface area contributed by atoms with Crippen LogP contribution in [0.15, 0.2) is 12.2 Å². The van der Waals surface area contributed by atoms with Gasteiger partial charge >= 0.3 is 5.97 Å². The number of carboxylic acids is 1. The summed E-state index contributed by atoms with van der Waals surface area (Å²) in [5.41, 5.74) is -0.765. The van der Waals surface area contributed by atoms with Crippen molar-refractivity contribution in [2.24, 2.45) is 23.2 Å². The molecular formula is C11H12N2O2. The highest BCUT2D eigenvalue weighted by Gasteiger charge is 2.63. The zero-order chi connectivity index (χ0) is 10.6. The number of carbonyl (C=O) groups is 1. The van der Waals surface area contributed by atoms with Crippen molar-refractivity contribution in [2.75, 3.05) is 6.54 Å². The summed E-state index contributed by atoms with van der Waals surface area (Å²) in [5.74, 6) is -0.0969. The number of allylic oxidation sites excluding steroid dienone is 1. The third kappa shape index (κ3) is 0.870. The molecule has 1 saturated carbocycles. The lowest BCUT2D eigenvalue weighted by atomic mass is 9.72.